The van der Waals surface area contributed by atoms with Gasteiger partial charge in [-0.25, -0.2) is 4.39 Å². The van der Waals surface area contributed by atoms with E-state index in [-0.39, 0.29) is 11.7 Å². The van der Waals surface area contributed by atoms with Crippen molar-refractivity contribution in [3.05, 3.63) is 59.4 Å². The number of phenolic OH excluding ortho intramolecular Hbond substituents is 1. The molecule has 0 aliphatic carbocycles. The highest BCUT2D eigenvalue weighted by atomic mass is 19.1. The Kier molecular flexibility index (Phi) is 3.28. The van der Waals surface area contributed by atoms with Gasteiger partial charge < -0.3 is 10.4 Å². The van der Waals surface area contributed by atoms with Gasteiger partial charge in [-0.05, 0) is 48.9 Å². The largest absolute Gasteiger partial charge is 0.508 e. The molecular formula is C14H12FNO2. The standard InChI is InChI=1S/C14H12FNO2/c1-9-2-3-10(15)8-13(9)14(18)16-11-4-6-12(17)7-5-11/h2-8,17H,1H3,(H,16,18). The summed E-state index contributed by atoms with van der Waals surface area (Å²) in [4.78, 5) is 11.9. The van der Waals surface area contributed by atoms with E-state index in [1.165, 1.54) is 24.3 Å². The van der Waals surface area contributed by atoms with Crippen LogP contribution in [0.3, 0.4) is 0 Å². The van der Waals surface area contributed by atoms with Gasteiger partial charge >= 0.3 is 0 Å². The highest BCUT2D eigenvalue weighted by Crippen LogP contribution is 2.16. The molecule has 18 heavy (non-hydrogen) atoms. The Morgan fingerprint density at radius 2 is 1.83 bits per heavy atom. The second kappa shape index (κ2) is 4.87. The first-order valence-electron chi connectivity index (χ1n) is 5.43. The van der Waals surface area contributed by atoms with Crippen LogP contribution in [0.5, 0.6) is 5.75 Å². The molecule has 0 saturated carbocycles. The third-order valence-corrected chi connectivity index (χ3v) is 2.57. The van der Waals surface area contributed by atoms with Gasteiger partial charge in [0.25, 0.3) is 5.91 Å². The number of phenols is 1. The number of aryl methyl sites for hydroxylation is 1. The van der Waals surface area contributed by atoms with E-state index in [0.29, 0.717) is 16.8 Å². The molecule has 0 aromatic heterocycles. The van der Waals surface area contributed by atoms with Gasteiger partial charge in [0.1, 0.15) is 11.6 Å². The molecule has 2 rings (SSSR count). The summed E-state index contributed by atoms with van der Waals surface area (Å²) in [6.45, 7) is 1.74. The third kappa shape index (κ3) is 2.66. The van der Waals surface area contributed by atoms with Gasteiger partial charge in [-0.3, -0.25) is 4.79 Å². The summed E-state index contributed by atoms with van der Waals surface area (Å²) in [5, 5.41) is 11.8. The summed E-state index contributed by atoms with van der Waals surface area (Å²) in [6.07, 6.45) is 0. The molecule has 3 nitrogen and oxygen atoms in total. The molecule has 0 radical (unpaired) electrons. The molecule has 2 aromatic carbocycles. The molecule has 4 heteroatoms. The van der Waals surface area contributed by atoms with Crippen molar-refractivity contribution in [2.45, 2.75) is 6.92 Å². The fraction of sp³-hybridized carbons (Fsp3) is 0.0714. The number of hydrogen-bond donors (Lipinski definition) is 2. The Labute approximate surface area is 104 Å². The van der Waals surface area contributed by atoms with Crippen LogP contribution in [0.2, 0.25) is 0 Å². The van der Waals surface area contributed by atoms with Crippen molar-refractivity contribution in [3.63, 3.8) is 0 Å². The predicted molar refractivity (Wildman–Crippen MR) is 67.2 cm³/mol. The first-order chi connectivity index (χ1) is 8.56. The van der Waals surface area contributed by atoms with Gasteiger partial charge in [-0.1, -0.05) is 6.07 Å². The van der Waals surface area contributed by atoms with Crippen LogP contribution in [0.4, 0.5) is 10.1 Å². The minimum atomic E-state index is -0.448. The second-order valence-electron chi connectivity index (χ2n) is 3.96. The first-order valence-corrected chi connectivity index (χ1v) is 5.43. The zero-order valence-corrected chi connectivity index (χ0v) is 9.77. The molecule has 0 spiro atoms. The maximum atomic E-state index is 13.1. The molecule has 0 unspecified atom stereocenters. The van der Waals surface area contributed by atoms with Gasteiger partial charge in [0, 0.05) is 11.3 Å². The normalized spacial score (nSPS) is 10.1. The monoisotopic (exact) mass is 245 g/mol. The van der Waals surface area contributed by atoms with Gasteiger partial charge in [-0.15, -0.1) is 0 Å². The van der Waals surface area contributed by atoms with E-state index in [0.717, 1.165) is 0 Å². The van der Waals surface area contributed by atoms with Gasteiger partial charge in [0.05, 0.1) is 0 Å². The fourth-order valence-electron chi connectivity index (χ4n) is 1.58. The van der Waals surface area contributed by atoms with Crippen LogP contribution in [0.1, 0.15) is 15.9 Å². The predicted octanol–water partition coefficient (Wildman–Crippen LogP) is 3.09. The lowest BCUT2D eigenvalue weighted by Gasteiger charge is -2.07. The maximum Gasteiger partial charge on any atom is 0.256 e. The van der Waals surface area contributed by atoms with Gasteiger partial charge in [-0.2, -0.15) is 0 Å². The van der Waals surface area contributed by atoms with Crippen molar-refractivity contribution in [1.29, 1.82) is 0 Å². The number of carbonyl (C=O) groups excluding carboxylic acids is 1. The summed E-state index contributed by atoms with van der Waals surface area (Å²) in [5.74, 6) is -0.705. The van der Waals surface area contributed by atoms with E-state index in [4.69, 9.17) is 5.11 Å². The smallest absolute Gasteiger partial charge is 0.256 e. The van der Waals surface area contributed by atoms with E-state index < -0.39 is 5.82 Å². The number of halogens is 1. The molecule has 2 N–H and O–H groups in total. The molecule has 0 bridgehead atoms. The average Bonchev–Trinajstić information content (AvgIpc) is 2.35. The number of amides is 1. The Balaban J connectivity index is 2.21. The summed E-state index contributed by atoms with van der Waals surface area (Å²) < 4.78 is 13.1. The van der Waals surface area contributed by atoms with E-state index in [9.17, 15) is 9.18 Å². The average molecular weight is 245 g/mol. The zero-order chi connectivity index (χ0) is 13.1. The lowest BCUT2D eigenvalue weighted by atomic mass is 10.1. The molecule has 2 aromatic rings. The first kappa shape index (κ1) is 12.1. The quantitative estimate of drug-likeness (QED) is 0.799. The van der Waals surface area contributed by atoms with Crippen molar-refractivity contribution in [1.82, 2.24) is 0 Å². The van der Waals surface area contributed by atoms with Crippen LogP contribution in [0.25, 0.3) is 0 Å². The molecule has 0 saturated heterocycles. The number of benzene rings is 2. The Morgan fingerprint density at radius 3 is 2.50 bits per heavy atom. The Bertz CT molecular complexity index is 579. The summed E-state index contributed by atoms with van der Waals surface area (Å²) in [6, 6.07) is 10.1. The molecular weight excluding hydrogens is 233 g/mol. The molecule has 0 aliphatic rings. The number of rotatable bonds is 2. The Hall–Kier alpha value is -2.36. The number of anilines is 1. The van der Waals surface area contributed by atoms with Crippen molar-refractivity contribution in [3.8, 4) is 5.75 Å². The number of hydrogen-bond acceptors (Lipinski definition) is 2. The zero-order valence-electron chi connectivity index (χ0n) is 9.77. The van der Waals surface area contributed by atoms with Crippen molar-refractivity contribution in [2.24, 2.45) is 0 Å². The molecule has 1 amide bonds. The fourth-order valence-corrected chi connectivity index (χ4v) is 1.58. The van der Waals surface area contributed by atoms with Crippen LogP contribution < -0.4 is 5.32 Å². The van der Waals surface area contributed by atoms with Gasteiger partial charge in [0.15, 0.2) is 0 Å². The maximum absolute atomic E-state index is 13.1. The highest BCUT2D eigenvalue weighted by Gasteiger charge is 2.10. The Morgan fingerprint density at radius 1 is 1.17 bits per heavy atom. The van der Waals surface area contributed by atoms with E-state index in [1.807, 2.05) is 0 Å². The van der Waals surface area contributed by atoms with E-state index in [1.54, 1.807) is 25.1 Å². The highest BCUT2D eigenvalue weighted by molar-refractivity contribution is 6.05. The molecule has 0 fully saturated rings. The lowest BCUT2D eigenvalue weighted by Crippen LogP contribution is -2.13. The number of aromatic hydroxyl groups is 1. The van der Waals surface area contributed by atoms with E-state index >= 15 is 0 Å². The molecule has 92 valence electrons. The molecule has 0 heterocycles. The van der Waals surface area contributed by atoms with E-state index in [2.05, 4.69) is 5.32 Å². The van der Waals surface area contributed by atoms with Crippen LogP contribution in [0.15, 0.2) is 42.5 Å². The van der Waals surface area contributed by atoms with Gasteiger partial charge in [0.2, 0.25) is 0 Å². The van der Waals surface area contributed by atoms with Crippen molar-refractivity contribution < 1.29 is 14.3 Å². The van der Waals surface area contributed by atoms with Crippen LogP contribution in [0, 0.1) is 12.7 Å². The SMILES string of the molecule is Cc1ccc(F)cc1C(=O)Nc1ccc(O)cc1. The molecule has 0 atom stereocenters. The lowest BCUT2D eigenvalue weighted by molar-refractivity contribution is 0.102. The minimum Gasteiger partial charge on any atom is -0.508 e. The summed E-state index contributed by atoms with van der Waals surface area (Å²) >= 11 is 0. The topological polar surface area (TPSA) is 49.3 Å². The summed E-state index contributed by atoms with van der Waals surface area (Å²) in [7, 11) is 0. The van der Waals surface area contributed by atoms with Crippen LogP contribution in [-0.4, -0.2) is 11.0 Å². The molecule has 0 aliphatic heterocycles. The van der Waals surface area contributed by atoms with Crippen molar-refractivity contribution >= 4 is 11.6 Å². The second-order valence-corrected chi connectivity index (χ2v) is 3.96. The third-order valence-electron chi connectivity index (χ3n) is 2.57. The number of nitrogens with one attached hydrogen (secondary N) is 1. The number of carbonyl (C=O) groups is 1. The summed E-state index contributed by atoms with van der Waals surface area (Å²) in [5.41, 5.74) is 1.54. The van der Waals surface area contributed by atoms with Crippen LogP contribution >= 0.6 is 0 Å². The van der Waals surface area contributed by atoms with Crippen molar-refractivity contribution in [2.75, 3.05) is 5.32 Å². The van der Waals surface area contributed by atoms with Crippen LogP contribution in [-0.2, 0) is 0 Å². The minimum absolute atomic E-state index is 0.120.